The van der Waals surface area contributed by atoms with Gasteiger partial charge in [0.15, 0.2) is 0 Å². The van der Waals surface area contributed by atoms with Crippen molar-refractivity contribution in [3.05, 3.63) is 48.0 Å². The fourth-order valence-electron chi connectivity index (χ4n) is 3.31. The molecule has 2 atom stereocenters. The number of hydrogen-bond donors (Lipinski definition) is 1. The van der Waals surface area contributed by atoms with E-state index >= 15 is 0 Å². The number of likely N-dealkylation sites (tertiary alicyclic amines) is 1. The van der Waals surface area contributed by atoms with Gasteiger partial charge >= 0.3 is 5.97 Å². The monoisotopic (exact) mass is 283 g/mol. The molecule has 0 bridgehead atoms. The minimum Gasteiger partial charge on any atom is -0.481 e. The predicted molar refractivity (Wildman–Crippen MR) is 84.3 cm³/mol. The zero-order valence-corrected chi connectivity index (χ0v) is 12.5. The van der Waals surface area contributed by atoms with Crippen molar-refractivity contribution in [2.45, 2.75) is 26.3 Å². The molecule has 1 fully saturated rings. The van der Waals surface area contributed by atoms with E-state index in [9.17, 15) is 9.90 Å². The SMILES string of the molecule is CC(c1cccc2ccccc12)N1CCC(C)(C(=O)O)C1. The molecule has 1 saturated heterocycles. The van der Waals surface area contributed by atoms with Gasteiger partial charge < -0.3 is 5.11 Å². The quantitative estimate of drug-likeness (QED) is 0.933. The van der Waals surface area contributed by atoms with Crippen LogP contribution in [0.1, 0.15) is 31.9 Å². The molecule has 3 heteroatoms. The fraction of sp³-hybridized carbons (Fsp3) is 0.389. The summed E-state index contributed by atoms with van der Waals surface area (Å²) < 4.78 is 0. The molecule has 1 N–H and O–H groups in total. The second kappa shape index (κ2) is 5.15. The Balaban J connectivity index is 1.92. The van der Waals surface area contributed by atoms with Gasteiger partial charge in [0.2, 0.25) is 0 Å². The third kappa shape index (κ3) is 2.42. The van der Waals surface area contributed by atoms with E-state index in [2.05, 4.69) is 48.2 Å². The van der Waals surface area contributed by atoms with Crippen molar-refractivity contribution < 1.29 is 9.90 Å². The van der Waals surface area contributed by atoms with E-state index in [-0.39, 0.29) is 6.04 Å². The summed E-state index contributed by atoms with van der Waals surface area (Å²) in [6.45, 7) is 5.49. The highest BCUT2D eigenvalue weighted by molar-refractivity contribution is 5.86. The number of benzene rings is 2. The molecule has 1 aliphatic heterocycles. The lowest BCUT2D eigenvalue weighted by Crippen LogP contribution is -2.33. The molecule has 3 nitrogen and oxygen atoms in total. The van der Waals surface area contributed by atoms with Crippen molar-refractivity contribution in [2.24, 2.45) is 5.41 Å². The van der Waals surface area contributed by atoms with Gasteiger partial charge in [0, 0.05) is 12.6 Å². The summed E-state index contributed by atoms with van der Waals surface area (Å²) in [6, 6.07) is 15.0. The van der Waals surface area contributed by atoms with Crippen LogP contribution in [0.4, 0.5) is 0 Å². The Morgan fingerprint density at radius 3 is 2.67 bits per heavy atom. The average molecular weight is 283 g/mol. The van der Waals surface area contributed by atoms with Gasteiger partial charge in [-0.1, -0.05) is 42.5 Å². The van der Waals surface area contributed by atoms with Crippen LogP contribution in [0.2, 0.25) is 0 Å². The minimum atomic E-state index is -0.685. The lowest BCUT2D eigenvalue weighted by atomic mass is 9.90. The molecule has 1 heterocycles. The van der Waals surface area contributed by atoms with Crippen LogP contribution in [0.5, 0.6) is 0 Å². The number of hydrogen-bond acceptors (Lipinski definition) is 2. The van der Waals surface area contributed by atoms with Gasteiger partial charge in [0.25, 0.3) is 0 Å². The van der Waals surface area contributed by atoms with Crippen LogP contribution < -0.4 is 0 Å². The molecule has 0 aliphatic carbocycles. The van der Waals surface area contributed by atoms with Crippen molar-refractivity contribution in [1.29, 1.82) is 0 Å². The topological polar surface area (TPSA) is 40.5 Å². The highest BCUT2D eigenvalue weighted by Crippen LogP contribution is 2.37. The first-order valence-electron chi connectivity index (χ1n) is 7.46. The first-order chi connectivity index (χ1) is 10.0. The molecule has 3 rings (SSSR count). The van der Waals surface area contributed by atoms with Crippen molar-refractivity contribution >= 4 is 16.7 Å². The standard InChI is InChI=1S/C18H21NO2/c1-13(19-11-10-18(2,12-19)17(20)21)15-9-5-7-14-6-3-4-8-16(14)15/h3-9,13H,10-12H2,1-2H3,(H,20,21). The predicted octanol–water partition coefficient (Wildman–Crippen LogP) is 3.70. The van der Waals surface area contributed by atoms with Gasteiger partial charge in [0.1, 0.15) is 0 Å². The van der Waals surface area contributed by atoms with E-state index in [4.69, 9.17) is 0 Å². The lowest BCUT2D eigenvalue weighted by Gasteiger charge is -2.27. The van der Waals surface area contributed by atoms with Crippen molar-refractivity contribution in [3.8, 4) is 0 Å². The maximum atomic E-state index is 11.4. The number of nitrogens with zero attached hydrogens (tertiary/aromatic N) is 1. The second-order valence-electron chi connectivity index (χ2n) is 6.33. The van der Waals surface area contributed by atoms with Crippen LogP contribution in [0, 0.1) is 5.41 Å². The van der Waals surface area contributed by atoms with Crippen LogP contribution in [0.3, 0.4) is 0 Å². The number of carboxylic acids is 1. The Bertz CT molecular complexity index is 676. The third-order valence-electron chi connectivity index (χ3n) is 4.84. The smallest absolute Gasteiger partial charge is 0.310 e. The van der Waals surface area contributed by atoms with Gasteiger partial charge in [-0.3, -0.25) is 9.69 Å². The highest BCUT2D eigenvalue weighted by Gasteiger charge is 2.42. The summed E-state index contributed by atoms with van der Waals surface area (Å²) in [5.41, 5.74) is 0.668. The Morgan fingerprint density at radius 2 is 1.95 bits per heavy atom. The van der Waals surface area contributed by atoms with Crippen LogP contribution in [0.15, 0.2) is 42.5 Å². The summed E-state index contributed by atoms with van der Waals surface area (Å²) in [4.78, 5) is 13.7. The first kappa shape index (κ1) is 14.1. The number of aliphatic carboxylic acids is 1. The normalized spacial score (nSPS) is 24.3. The zero-order chi connectivity index (χ0) is 15.0. The van der Waals surface area contributed by atoms with E-state index in [0.717, 1.165) is 13.0 Å². The summed E-state index contributed by atoms with van der Waals surface area (Å²) in [6.07, 6.45) is 0.720. The third-order valence-corrected chi connectivity index (χ3v) is 4.84. The molecule has 2 aromatic rings. The molecule has 0 saturated carbocycles. The maximum Gasteiger partial charge on any atom is 0.310 e. The number of fused-ring (bicyclic) bond motifs is 1. The number of carboxylic acid groups (broad SMARTS) is 1. The van der Waals surface area contributed by atoms with E-state index in [1.54, 1.807) is 0 Å². The van der Waals surface area contributed by atoms with Crippen LogP contribution in [-0.2, 0) is 4.79 Å². The van der Waals surface area contributed by atoms with Gasteiger partial charge in [-0.25, -0.2) is 0 Å². The number of carbonyl (C=O) groups is 1. The molecule has 21 heavy (non-hydrogen) atoms. The molecule has 2 aromatic carbocycles. The van der Waals surface area contributed by atoms with Crippen LogP contribution in [0.25, 0.3) is 10.8 Å². The summed E-state index contributed by atoms with van der Waals surface area (Å²) in [5.74, 6) is -0.685. The zero-order valence-electron chi connectivity index (χ0n) is 12.5. The van der Waals surface area contributed by atoms with Crippen LogP contribution in [-0.4, -0.2) is 29.1 Å². The van der Waals surface area contributed by atoms with E-state index in [1.807, 2.05) is 13.0 Å². The molecular formula is C18H21NO2. The molecular weight excluding hydrogens is 262 g/mol. The summed E-state index contributed by atoms with van der Waals surface area (Å²) >= 11 is 0. The van der Waals surface area contributed by atoms with Gasteiger partial charge in [0.05, 0.1) is 5.41 Å². The Hall–Kier alpha value is -1.87. The molecule has 0 aromatic heterocycles. The maximum absolute atomic E-state index is 11.4. The molecule has 0 spiro atoms. The van der Waals surface area contributed by atoms with Crippen LogP contribution >= 0.6 is 0 Å². The number of rotatable bonds is 3. The Morgan fingerprint density at radius 1 is 1.24 bits per heavy atom. The average Bonchev–Trinajstić information content (AvgIpc) is 2.90. The largest absolute Gasteiger partial charge is 0.481 e. The van der Waals surface area contributed by atoms with Gasteiger partial charge in [-0.2, -0.15) is 0 Å². The Labute approximate surface area is 125 Å². The van der Waals surface area contributed by atoms with E-state index < -0.39 is 11.4 Å². The summed E-state index contributed by atoms with van der Waals surface area (Å²) in [7, 11) is 0. The molecule has 2 unspecified atom stereocenters. The second-order valence-corrected chi connectivity index (χ2v) is 6.33. The summed E-state index contributed by atoms with van der Waals surface area (Å²) in [5, 5.41) is 11.9. The first-order valence-corrected chi connectivity index (χ1v) is 7.46. The molecule has 0 amide bonds. The molecule has 0 radical (unpaired) electrons. The highest BCUT2D eigenvalue weighted by atomic mass is 16.4. The van der Waals surface area contributed by atoms with Gasteiger partial charge in [-0.15, -0.1) is 0 Å². The molecule has 1 aliphatic rings. The fourth-order valence-corrected chi connectivity index (χ4v) is 3.31. The van der Waals surface area contributed by atoms with E-state index in [0.29, 0.717) is 6.54 Å². The van der Waals surface area contributed by atoms with Crippen molar-refractivity contribution in [2.75, 3.05) is 13.1 Å². The van der Waals surface area contributed by atoms with E-state index in [1.165, 1.54) is 16.3 Å². The minimum absolute atomic E-state index is 0.234. The lowest BCUT2D eigenvalue weighted by molar-refractivity contribution is -0.147. The van der Waals surface area contributed by atoms with Gasteiger partial charge in [-0.05, 0) is 43.1 Å². The van der Waals surface area contributed by atoms with Crippen molar-refractivity contribution in [1.82, 2.24) is 4.90 Å². The molecule has 110 valence electrons. The Kier molecular flexibility index (Phi) is 3.46. The van der Waals surface area contributed by atoms with Crippen molar-refractivity contribution in [3.63, 3.8) is 0 Å².